The van der Waals surface area contributed by atoms with Crippen LogP contribution in [0.15, 0.2) is 30.3 Å². The molecule has 1 fully saturated rings. The minimum absolute atomic E-state index is 0.637. The van der Waals surface area contributed by atoms with Crippen molar-refractivity contribution >= 4 is 0 Å². The first kappa shape index (κ1) is 14.6. The third kappa shape index (κ3) is 7.37. The number of hydrogen-bond donors (Lipinski definition) is 0. The van der Waals surface area contributed by atoms with Gasteiger partial charge in [0, 0.05) is 0 Å². The highest BCUT2D eigenvalue weighted by Crippen LogP contribution is 2.18. The predicted octanol–water partition coefficient (Wildman–Crippen LogP) is 5.14. The van der Waals surface area contributed by atoms with Crippen LogP contribution in [0.5, 0.6) is 0 Å². The van der Waals surface area contributed by atoms with Crippen molar-refractivity contribution < 1.29 is 4.74 Å². The Labute approximate surface area is 118 Å². The summed E-state index contributed by atoms with van der Waals surface area (Å²) < 4.78 is 5.22. The number of hydrogen-bond acceptors (Lipinski definition) is 1. The van der Waals surface area contributed by atoms with Gasteiger partial charge in [0.25, 0.3) is 0 Å². The molecule has 0 aromatic heterocycles. The molecule has 0 saturated carbocycles. The second-order valence-electron chi connectivity index (χ2n) is 5.81. The van der Waals surface area contributed by atoms with Crippen molar-refractivity contribution in [1.29, 1.82) is 0 Å². The molecule has 0 bridgehead atoms. The highest BCUT2D eigenvalue weighted by atomic mass is 16.6. The lowest BCUT2D eigenvalue weighted by Gasteiger charge is -2.03. The molecule has 2 rings (SSSR count). The van der Waals surface area contributed by atoms with Crippen molar-refractivity contribution in [2.24, 2.45) is 0 Å². The van der Waals surface area contributed by atoms with Gasteiger partial charge in [0.15, 0.2) is 0 Å². The molecule has 1 nitrogen and oxygen atoms in total. The molecule has 0 aliphatic carbocycles. The highest BCUT2D eigenvalue weighted by Gasteiger charge is 2.20. The van der Waals surface area contributed by atoms with Gasteiger partial charge < -0.3 is 4.74 Å². The zero-order valence-electron chi connectivity index (χ0n) is 12.2. The Morgan fingerprint density at radius 1 is 0.789 bits per heavy atom. The summed E-state index contributed by atoms with van der Waals surface area (Å²) in [4.78, 5) is 0. The quantitative estimate of drug-likeness (QED) is 0.396. The molecule has 0 spiro atoms. The van der Waals surface area contributed by atoms with E-state index in [1.165, 1.54) is 69.8 Å². The largest absolute Gasteiger partial charge is 0.373 e. The predicted molar refractivity (Wildman–Crippen MR) is 81.4 cm³/mol. The zero-order chi connectivity index (χ0) is 13.2. The van der Waals surface area contributed by atoms with E-state index in [4.69, 9.17) is 4.74 Å². The lowest BCUT2D eigenvalue weighted by atomic mass is 10.0. The number of rotatable bonds is 11. The Morgan fingerprint density at radius 2 is 1.37 bits per heavy atom. The average Bonchev–Trinajstić information content (AvgIpc) is 3.26. The molecule has 0 radical (unpaired) electrons. The Kier molecular flexibility index (Phi) is 7.02. The molecule has 1 saturated heterocycles. The van der Waals surface area contributed by atoms with Crippen molar-refractivity contribution in [2.75, 3.05) is 6.61 Å². The van der Waals surface area contributed by atoms with Gasteiger partial charge in [-0.15, -0.1) is 0 Å². The van der Waals surface area contributed by atoms with E-state index in [1.807, 2.05) is 0 Å². The molecule has 1 aliphatic rings. The fourth-order valence-electron chi connectivity index (χ4n) is 2.64. The van der Waals surface area contributed by atoms with Crippen molar-refractivity contribution in [3.8, 4) is 0 Å². The van der Waals surface area contributed by atoms with E-state index >= 15 is 0 Å². The van der Waals surface area contributed by atoms with Gasteiger partial charge in [0.2, 0.25) is 0 Å². The van der Waals surface area contributed by atoms with Gasteiger partial charge >= 0.3 is 0 Å². The van der Waals surface area contributed by atoms with E-state index in [0.717, 1.165) is 6.61 Å². The van der Waals surface area contributed by atoms with Gasteiger partial charge in [0.05, 0.1) is 12.7 Å². The number of aryl methyl sites for hydroxylation is 1. The smallest absolute Gasteiger partial charge is 0.0810 e. The Balaban J connectivity index is 1.32. The van der Waals surface area contributed by atoms with E-state index in [-0.39, 0.29) is 0 Å². The lowest BCUT2D eigenvalue weighted by molar-refractivity contribution is 0.387. The third-order valence-electron chi connectivity index (χ3n) is 3.99. The summed E-state index contributed by atoms with van der Waals surface area (Å²) in [6.07, 6.45) is 14.4. The van der Waals surface area contributed by atoms with E-state index in [1.54, 1.807) is 0 Å². The number of unbranched alkanes of at least 4 members (excludes halogenated alkanes) is 7. The number of epoxide rings is 1. The number of ether oxygens (including phenoxy) is 1. The molecular formula is C18H28O. The maximum atomic E-state index is 5.22. The molecule has 0 amide bonds. The Morgan fingerprint density at radius 3 is 2.00 bits per heavy atom. The van der Waals surface area contributed by atoms with Crippen molar-refractivity contribution in [3.63, 3.8) is 0 Å². The highest BCUT2D eigenvalue weighted by molar-refractivity contribution is 5.14. The molecule has 1 heterocycles. The third-order valence-corrected chi connectivity index (χ3v) is 3.99. The molecule has 1 atom stereocenters. The second kappa shape index (κ2) is 9.14. The summed E-state index contributed by atoms with van der Waals surface area (Å²) in [5.74, 6) is 0. The summed E-state index contributed by atoms with van der Waals surface area (Å²) in [6, 6.07) is 10.9. The van der Waals surface area contributed by atoms with Crippen LogP contribution in [0.2, 0.25) is 0 Å². The monoisotopic (exact) mass is 260 g/mol. The first-order valence-corrected chi connectivity index (χ1v) is 8.11. The van der Waals surface area contributed by atoms with E-state index in [9.17, 15) is 0 Å². The number of benzene rings is 1. The van der Waals surface area contributed by atoms with Gasteiger partial charge in [-0.05, 0) is 24.8 Å². The van der Waals surface area contributed by atoms with E-state index in [0.29, 0.717) is 6.10 Å². The fraction of sp³-hybridized carbons (Fsp3) is 0.667. The van der Waals surface area contributed by atoms with Crippen LogP contribution in [0, 0.1) is 0 Å². The van der Waals surface area contributed by atoms with Gasteiger partial charge in [-0.1, -0.05) is 75.3 Å². The van der Waals surface area contributed by atoms with Crippen LogP contribution in [0.3, 0.4) is 0 Å². The standard InChI is InChI=1S/C18H28O/c1(2-4-6-11-15-18-16-19-18)3-5-8-12-17-13-9-7-10-14-17/h7,9-10,13-14,18H,1-6,8,11-12,15-16H2/t18-/m1/s1. The minimum atomic E-state index is 0.637. The van der Waals surface area contributed by atoms with Crippen LogP contribution in [0.4, 0.5) is 0 Å². The SMILES string of the molecule is c1ccc(CCCCCCCCCC[C@@H]2CO2)cc1. The van der Waals surface area contributed by atoms with Crippen molar-refractivity contribution in [3.05, 3.63) is 35.9 Å². The van der Waals surface area contributed by atoms with Gasteiger partial charge in [-0.2, -0.15) is 0 Å². The maximum Gasteiger partial charge on any atom is 0.0810 e. The van der Waals surface area contributed by atoms with Crippen molar-refractivity contribution in [2.45, 2.75) is 70.3 Å². The van der Waals surface area contributed by atoms with E-state index < -0.39 is 0 Å². The molecule has 1 aromatic rings. The summed E-state index contributed by atoms with van der Waals surface area (Å²) in [7, 11) is 0. The summed E-state index contributed by atoms with van der Waals surface area (Å²) in [5.41, 5.74) is 1.49. The van der Waals surface area contributed by atoms with Gasteiger partial charge in [-0.25, -0.2) is 0 Å². The molecule has 0 unspecified atom stereocenters. The molecule has 1 heteroatoms. The molecule has 1 aliphatic heterocycles. The van der Waals surface area contributed by atoms with Crippen LogP contribution in [0.1, 0.15) is 63.4 Å². The lowest BCUT2D eigenvalue weighted by Crippen LogP contribution is -1.87. The summed E-state index contributed by atoms with van der Waals surface area (Å²) >= 11 is 0. The van der Waals surface area contributed by atoms with Crippen LogP contribution >= 0.6 is 0 Å². The molecule has 19 heavy (non-hydrogen) atoms. The Bertz CT molecular complexity index is 316. The van der Waals surface area contributed by atoms with Crippen molar-refractivity contribution in [1.82, 2.24) is 0 Å². The normalized spacial score (nSPS) is 17.6. The molecular weight excluding hydrogens is 232 g/mol. The van der Waals surface area contributed by atoms with Crippen LogP contribution in [-0.4, -0.2) is 12.7 Å². The maximum absolute atomic E-state index is 5.22. The zero-order valence-corrected chi connectivity index (χ0v) is 12.2. The molecule has 106 valence electrons. The first-order valence-electron chi connectivity index (χ1n) is 8.11. The summed E-state index contributed by atoms with van der Waals surface area (Å²) in [5, 5.41) is 0. The summed E-state index contributed by atoms with van der Waals surface area (Å²) in [6.45, 7) is 1.03. The van der Waals surface area contributed by atoms with Crippen LogP contribution < -0.4 is 0 Å². The first-order chi connectivity index (χ1) is 9.45. The second-order valence-corrected chi connectivity index (χ2v) is 5.81. The minimum Gasteiger partial charge on any atom is -0.373 e. The van der Waals surface area contributed by atoms with Gasteiger partial charge in [0.1, 0.15) is 0 Å². The van der Waals surface area contributed by atoms with Gasteiger partial charge in [-0.3, -0.25) is 0 Å². The Hall–Kier alpha value is -0.820. The topological polar surface area (TPSA) is 12.5 Å². The van der Waals surface area contributed by atoms with Crippen LogP contribution in [0.25, 0.3) is 0 Å². The van der Waals surface area contributed by atoms with E-state index in [2.05, 4.69) is 30.3 Å². The van der Waals surface area contributed by atoms with Crippen LogP contribution in [-0.2, 0) is 11.2 Å². The molecule has 1 aromatic carbocycles. The molecule has 0 N–H and O–H groups in total. The average molecular weight is 260 g/mol. The fourth-order valence-corrected chi connectivity index (χ4v) is 2.64.